The number of ether oxygens (including phenoxy) is 1. The number of hydrogen-bond donors (Lipinski definition) is 0. The first-order valence-corrected chi connectivity index (χ1v) is 11.5. The van der Waals surface area contributed by atoms with Gasteiger partial charge in [-0.1, -0.05) is 29.3 Å². The Morgan fingerprint density at radius 2 is 1.77 bits per heavy atom. The second-order valence-corrected chi connectivity index (χ2v) is 9.12. The Balaban J connectivity index is 1.28. The Labute approximate surface area is 194 Å². The first kappa shape index (κ1) is 22.1. The molecule has 0 spiro atoms. The monoisotopic (exact) mass is 478 g/mol. The molecule has 3 aromatic rings. The van der Waals surface area contributed by atoms with E-state index in [-0.39, 0.29) is 11.7 Å². The van der Waals surface area contributed by atoms with E-state index in [2.05, 4.69) is 4.90 Å². The largest absolute Gasteiger partial charge is 0.489 e. The minimum atomic E-state index is -0.299. The summed E-state index contributed by atoms with van der Waals surface area (Å²) < 4.78 is 18.6. The van der Waals surface area contributed by atoms with Gasteiger partial charge >= 0.3 is 0 Å². The number of carbonyl (C=O) groups is 1. The highest BCUT2D eigenvalue weighted by Gasteiger charge is 2.23. The van der Waals surface area contributed by atoms with Gasteiger partial charge in [0.25, 0.3) is 5.91 Å². The molecule has 162 valence electrons. The summed E-state index contributed by atoms with van der Waals surface area (Å²) in [4.78, 5) is 17.8. The van der Waals surface area contributed by atoms with Crippen molar-refractivity contribution < 1.29 is 13.9 Å². The van der Waals surface area contributed by atoms with Crippen LogP contribution < -0.4 is 4.74 Å². The van der Waals surface area contributed by atoms with Gasteiger partial charge in [0.2, 0.25) is 0 Å². The Hall–Kier alpha value is -2.12. The van der Waals surface area contributed by atoms with Crippen molar-refractivity contribution in [1.82, 2.24) is 9.80 Å². The fourth-order valence-corrected chi connectivity index (χ4v) is 4.75. The van der Waals surface area contributed by atoms with Gasteiger partial charge in [0.05, 0.1) is 4.88 Å². The standard InChI is InChI=1S/C23H21Cl2FN2O2S/c24-18-2-1-17(21(25)12-18)13-27-7-9-28(10-8-27)23(29)22-11-16(15-31-22)14-30-20-5-3-19(26)4-6-20/h1-6,11-12,15H,7-10,13-14H2. The predicted molar refractivity (Wildman–Crippen MR) is 123 cm³/mol. The molecule has 1 saturated heterocycles. The third kappa shape index (κ3) is 5.77. The minimum Gasteiger partial charge on any atom is -0.489 e. The van der Waals surface area contributed by atoms with Crippen LogP contribution in [0.15, 0.2) is 53.9 Å². The van der Waals surface area contributed by atoms with E-state index in [1.54, 1.807) is 18.2 Å². The van der Waals surface area contributed by atoms with Crippen LogP contribution in [0.5, 0.6) is 5.75 Å². The van der Waals surface area contributed by atoms with Gasteiger partial charge in [-0.3, -0.25) is 9.69 Å². The molecule has 31 heavy (non-hydrogen) atoms. The lowest BCUT2D eigenvalue weighted by Gasteiger charge is -2.34. The van der Waals surface area contributed by atoms with Crippen LogP contribution in [-0.4, -0.2) is 41.9 Å². The van der Waals surface area contributed by atoms with E-state index in [9.17, 15) is 9.18 Å². The lowest BCUT2D eigenvalue weighted by atomic mass is 10.2. The van der Waals surface area contributed by atoms with Crippen LogP contribution in [0.2, 0.25) is 10.0 Å². The molecule has 2 aromatic carbocycles. The molecule has 8 heteroatoms. The van der Waals surface area contributed by atoms with E-state index in [4.69, 9.17) is 27.9 Å². The molecule has 1 aliphatic heterocycles. The number of amides is 1. The number of rotatable bonds is 6. The zero-order valence-corrected chi connectivity index (χ0v) is 19.0. The normalized spacial score (nSPS) is 14.6. The summed E-state index contributed by atoms with van der Waals surface area (Å²) in [6, 6.07) is 13.3. The maximum Gasteiger partial charge on any atom is 0.264 e. The molecule has 0 unspecified atom stereocenters. The van der Waals surface area contributed by atoms with Gasteiger partial charge < -0.3 is 9.64 Å². The van der Waals surface area contributed by atoms with Crippen LogP contribution in [-0.2, 0) is 13.2 Å². The van der Waals surface area contributed by atoms with Crippen LogP contribution in [0.4, 0.5) is 4.39 Å². The third-order valence-corrected chi connectivity index (χ3v) is 6.71. The molecule has 1 aromatic heterocycles. The molecule has 0 aliphatic carbocycles. The molecule has 0 atom stereocenters. The summed E-state index contributed by atoms with van der Waals surface area (Å²) >= 11 is 13.7. The number of thiophene rings is 1. The number of halogens is 3. The summed E-state index contributed by atoms with van der Waals surface area (Å²) in [5.41, 5.74) is 1.96. The number of benzene rings is 2. The van der Waals surface area contributed by atoms with Crippen molar-refractivity contribution in [3.63, 3.8) is 0 Å². The van der Waals surface area contributed by atoms with Gasteiger partial charge in [-0.25, -0.2) is 4.39 Å². The van der Waals surface area contributed by atoms with Gasteiger partial charge in [0, 0.05) is 48.3 Å². The topological polar surface area (TPSA) is 32.8 Å². The molecule has 4 rings (SSSR count). The highest BCUT2D eigenvalue weighted by atomic mass is 35.5. The highest BCUT2D eigenvalue weighted by Crippen LogP contribution is 2.24. The van der Waals surface area contributed by atoms with Crippen molar-refractivity contribution in [3.05, 3.63) is 85.8 Å². The third-order valence-electron chi connectivity index (χ3n) is 5.15. The van der Waals surface area contributed by atoms with E-state index in [1.165, 1.54) is 23.5 Å². The van der Waals surface area contributed by atoms with Gasteiger partial charge in [0.1, 0.15) is 18.2 Å². The van der Waals surface area contributed by atoms with Crippen LogP contribution >= 0.6 is 34.5 Å². The Morgan fingerprint density at radius 1 is 1.03 bits per heavy atom. The Kier molecular flexibility index (Phi) is 7.13. The van der Waals surface area contributed by atoms with Crippen molar-refractivity contribution in [1.29, 1.82) is 0 Å². The van der Waals surface area contributed by atoms with E-state index in [0.717, 1.165) is 30.8 Å². The lowest BCUT2D eigenvalue weighted by Crippen LogP contribution is -2.48. The lowest BCUT2D eigenvalue weighted by molar-refractivity contribution is 0.0633. The van der Waals surface area contributed by atoms with Gasteiger partial charge in [-0.05, 0) is 53.4 Å². The molecular weight excluding hydrogens is 458 g/mol. The molecule has 0 N–H and O–H groups in total. The summed E-state index contributed by atoms with van der Waals surface area (Å²) in [6.45, 7) is 3.99. The maximum absolute atomic E-state index is 13.0. The zero-order chi connectivity index (χ0) is 21.8. The van der Waals surface area contributed by atoms with Crippen molar-refractivity contribution in [2.75, 3.05) is 26.2 Å². The maximum atomic E-state index is 13.0. The van der Waals surface area contributed by atoms with Gasteiger partial charge in [0.15, 0.2) is 0 Å². The molecule has 1 amide bonds. The van der Waals surface area contributed by atoms with Gasteiger partial charge in [-0.2, -0.15) is 0 Å². The van der Waals surface area contributed by atoms with Crippen LogP contribution in [0.3, 0.4) is 0 Å². The number of carbonyl (C=O) groups excluding carboxylic acids is 1. The van der Waals surface area contributed by atoms with Crippen LogP contribution in [0.25, 0.3) is 0 Å². The first-order chi connectivity index (χ1) is 15.0. The van der Waals surface area contributed by atoms with Crippen molar-refractivity contribution >= 4 is 40.4 Å². The molecule has 0 bridgehead atoms. The van der Waals surface area contributed by atoms with E-state index >= 15 is 0 Å². The zero-order valence-electron chi connectivity index (χ0n) is 16.7. The second-order valence-electron chi connectivity index (χ2n) is 7.37. The molecule has 0 saturated carbocycles. The molecule has 0 radical (unpaired) electrons. The fraction of sp³-hybridized carbons (Fsp3) is 0.261. The van der Waals surface area contributed by atoms with E-state index in [1.807, 2.05) is 28.5 Å². The van der Waals surface area contributed by atoms with E-state index < -0.39 is 0 Å². The van der Waals surface area contributed by atoms with Crippen LogP contribution in [0.1, 0.15) is 20.8 Å². The van der Waals surface area contributed by atoms with Gasteiger partial charge in [-0.15, -0.1) is 11.3 Å². The Morgan fingerprint density at radius 3 is 2.48 bits per heavy atom. The smallest absolute Gasteiger partial charge is 0.264 e. The molecule has 4 nitrogen and oxygen atoms in total. The fourth-order valence-electron chi connectivity index (χ4n) is 3.42. The SMILES string of the molecule is O=C(c1cc(COc2ccc(F)cc2)cs1)N1CCN(Cc2ccc(Cl)cc2Cl)CC1. The average Bonchev–Trinajstić information content (AvgIpc) is 3.24. The second kappa shape index (κ2) is 10.0. The molecule has 1 aliphatic rings. The summed E-state index contributed by atoms with van der Waals surface area (Å²) in [7, 11) is 0. The highest BCUT2D eigenvalue weighted by molar-refractivity contribution is 7.12. The first-order valence-electron chi connectivity index (χ1n) is 9.89. The number of hydrogen-bond acceptors (Lipinski definition) is 4. The quantitative estimate of drug-likeness (QED) is 0.453. The van der Waals surface area contributed by atoms with Crippen LogP contribution in [0, 0.1) is 5.82 Å². The number of piperazine rings is 1. The van der Waals surface area contributed by atoms with E-state index in [0.29, 0.717) is 40.4 Å². The molecular formula is C23H21Cl2FN2O2S. The minimum absolute atomic E-state index is 0.0437. The van der Waals surface area contributed by atoms with Crippen molar-refractivity contribution in [3.8, 4) is 5.75 Å². The number of nitrogens with zero attached hydrogens (tertiary/aromatic N) is 2. The summed E-state index contributed by atoms with van der Waals surface area (Å²) in [5, 5.41) is 3.22. The predicted octanol–water partition coefficient (Wildman–Crippen LogP) is 5.73. The summed E-state index contributed by atoms with van der Waals surface area (Å²) in [5.74, 6) is 0.340. The average molecular weight is 479 g/mol. The van der Waals surface area contributed by atoms with Crippen molar-refractivity contribution in [2.45, 2.75) is 13.2 Å². The Bertz CT molecular complexity index is 1050. The summed E-state index contributed by atoms with van der Waals surface area (Å²) in [6.07, 6.45) is 0. The molecule has 1 fully saturated rings. The van der Waals surface area contributed by atoms with Crippen molar-refractivity contribution in [2.24, 2.45) is 0 Å². The molecule has 2 heterocycles.